The highest BCUT2D eigenvalue weighted by atomic mass is 32.2. The highest BCUT2D eigenvalue weighted by molar-refractivity contribution is 7.90. The van der Waals surface area contributed by atoms with Crippen molar-refractivity contribution in [2.45, 2.75) is 39.7 Å². The van der Waals surface area contributed by atoms with Crippen LogP contribution in [0.5, 0.6) is 0 Å². The van der Waals surface area contributed by atoms with E-state index in [1.807, 2.05) is 6.07 Å². The summed E-state index contributed by atoms with van der Waals surface area (Å²) < 4.78 is 22.7. The van der Waals surface area contributed by atoms with E-state index in [-0.39, 0.29) is 11.8 Å². The van der Waals surface area contributed by atoms with Crippen LogP contribution in [-0.2, 0) is 9.84 Å². The molecule has 0 heterocycles. The molecule has 0 radical (unpaired) electrons. The summed E-state index contributed by atoms with van der Waals surface area (Å²) in [5, 5.41) is 3.46. The molecule has 0 spiro atoms. The molecule has 0 aliphatic rings. The van der Waals surface area contributed by atoms with Crippen molar-refractivity contribution >= 4 is 9.84 Å². The fourth-order valence-electron chi connectivity index (χ4n) is 2.17. The maximum Gasteiger partial charge on any atom is 0.147 e. The summed E-state index contributed by atoms with van der Waals surface area (Å²) in [6.07, 6.45) is 2.97. The molecule has 0 bridgehead atoms. The summed E-state index contributed by atoms with van der Waals surface area (Å²) in [5.41, 5.74) is 3.72. The van der Waals surface area contributed by atoms with Gasteiger partial charge in [0.1, 0.15) is 9.84 Å². The van der Waals surface area contributed by atoms with Gasteiger partial charge in [0.15, 0.2) is 0 Å². The molecular formula is C15H25NO2S. The molecule has 0 fully saturated rings. The molecule has 3 nitrogen and oxygen atoms in total. The van der Waals surface area contributed by atoms with Crippen LogP contribution in [0.2, 0.25) is 0 Å². The van der Waals surface area contributed by atoms with Crippen molar-refractivity contribution in [3.8, 4) is 0 Å². The Balaban J connectivity index is 2.92. The molecule has 0 aliphatic heterocycles. The average Bonchev–Trinajstić information content (AvgIpc) is 2.32. The quantitative estimate of drug-likeness (QED) is 0.837. The monoisotopic (exact) mass is 283 g/mol. The van der Waals surface area contributed by atoms with E-state index in [1.54, 1.807) is 0 Å². The van der Waals surface area contributed by atoms with E-state index in [0.29, 0.717) is 6.42 Å². The van der Waals surface area contributed by atoms with Gasteiger partial charge in [-0.1, -0.05) is 25.1 Å². The Hall–Kier alpha value is -0.870. The van der Waals surface area contributed by atoms with Crippen molar-refractivity contribution in [2.75, 3.05) is 18.6 Å². The molecule has 1 atom stereocenters. The average molecular weight is 283 g/mol. The Kier molecular flexibility index (Phi) is 6.01. The molecule has 1 aromatic rings. The summed E-state index contributed by atoms with van der Waals surface area (Å²) in [5.74, 6) is 0.224. The van der Waals surface area contributed by atoms with E-state index >= 15 is 0 Å². The van der Waals surface area contributed by atoms with Crippen molar-refractivity contribution in [3.63, 3.8) is 0 Å². The normalized spacial score (nSPS) is 13.5. The number of aryl methyl sites for hydroxylation is 1. The van der Waals surface area contributed by atoms with Crippen molar-refractivity contribution in [2.24, 2.45) is 0 Å². The van der Waals surface area contributed by atoms with Crippen LogP contribution < -0.4 is 5.32 Å². The van der Waals surface area contributed by atoms with E-state index in [9.17, 15) is 8.42 Å². The van der Waals surface area contributed by atoms with Crippen LogP contribution in [0.1, 0.15) is 42.5 Å². The van der Waals surface area contributed by atoms with Crippen LogP contribution in [0, 0.1) is 13.8 Å². The Morgan fingerprint density at radius 3 is 2.53 bits per heavy atom. The predicted octanol–water partition coefficient (Wildman–Crippen LogP) is 2.78. The number of rotatable bonds is 7. The van der Waals surface area contributed by atoms with Crippen molar-refractivity contribution < 1.29 is 8.42 Å². The van der Waals surface area contributed by atoms with E-state index in [1.165, 1.54) is 22.9 Å². The minimum Gasteiger partial charge on any atom is -0.310 e. The summed E-state index contributed by atoms with van der Waals surface area (Å²) in [6.45, 7) is 7.21. The predicted molar refractivity (Wildman–Crippen MR) is 81.3 cm³/mol. The minimum absolute atomic E-state index is 0.120. The van der Waals surface area contributed by atoms with E-state index in [4.69, 9.17) is 0 Å². The Morgan fingerprint density at radius 1 is 1.26 bits per heavy atom. The SMILES string of the molecule is CCCNC(CCS(C)(=O)=O)c1cccc(C)c1C. The highest BCUT2D eigenvalue weighted by Gasteiger charge is 2.16. The van der Waals surface area contributed by atoms with Crippen LogP contribution >= 0.6 is 0 Å². The summed E-state index contributed by atoms with van der Waals surface area (Å²) in [4.78, 5) is 0. The maximum atomic E-state index is 11.4. The highest BCUT2D eigenvalue weighted by Crippen LogP contribution is 2.23. The van der Waals surface area contributed by atoms with Gasteiger partial charge in [-0.15, -0.1) is 0 Å². The molecule has 0 aliphatic carbocycles. The molecule has 1 N–H and O–H groups in total. The fourth-order valence-corrected chi connectivity index (χ4v) is 2.83. The molecule has 1 unspecified atom stereocenters. The van der Waals surface area contributed by atoms with Crippen LogP contribution in [0.25, 0.3) is 0 Å². The van der Waals surface area contributed by atoms with Crippen molar-refractivity contribution in [1.82, 2.24) is 5.32 Å². The number of hydrogen-bond donors (Lipinski definition) is 1. The van der Waals surface area contributed by atoms with Gasteiger partial charge in [-0.3, -0.25) is 0 Å². The smallest absolute Gasteiger partial charge is 0.147 e. The third-order valence-electron chi connectivity index (χ3n) is 3.44. The fraction of sp³-hybridized carbons (Fsp3) is 0.600. The molecule has 108 valence electrons. The van der Waals surface area contributed by atoms with Gasteiger partial charge in [0.05, 0.1) is 5.75 Å². The molecule has 1 rings (SSSR count). The minimum atomic E-state index is -2.92. The van der Waals surface area contributed by atoms with Crippen molar-refractivity contribution in [1.29, 1.82) is 0 Å². The summed E-state index contributed by atoms with van der Waals surface area (Å²) >= 11 is 0. The first-order valence-electron chi connectivity index (χ1n) is 6.82. The Labute approximate surface area is 117 Å². The van der Waals surface area contributed by atoms with E-state index < -0.39 is 9.84 Å². The lowest BCUT2D eigenvalue weighted by atomic mass is 9.96. The van der Waals surface area contributed by atoms with Crippen LogP contribution in [0.15, 0.2) is 18.2 Å². The zero-order chi connectivity index (χ0) is 14.5. The number of nitrogens with one attached hydrogen (secondary N) is 1. The second-order valence-electron chi connectivity index (χ2n) is 5.21. The van der Waals surface area contributed by atoms with Gasteiger partial charge in [0.2, 0.25) is 0 Å². The largest absolute Gasteiger partial charge is 0.310 e. The van der Waals surface area contributed by atoms with Gasteiger partial charge in [0.25, 0.3) is 0 Å². The molecule has 0 saturated carbocycles. The second kappa shape index (κ2) is 7.06. The van der Waals surface area contributed by atoms with Gasteiger partial charge in [0, 0.05) is 12.3 Å². The maximum absolute atomic E-state index is 11.4. The van der Waals surface area contributed by atoms with Gasteiger partial charge < -0.3 is 5.32 Å². The standard InChI is InChI=1S/C15H25NO2S/c1-5-10-16-15(9-11-19(4,17)18)14-8-6-7-12(2)13(14)3/h6-8,15-16H,5,9-11H2,1-4H3. The molecule has 1 aromatic carbocycles. The number of sulfone groups is 1. The topological polar surface area (TPSA) is 46.2 Å². The van der Waals surface area contributed by atoms with Gasteiger partial charge in [-0.25, -0.2) is 8.42 Å². The zero-order valence-corrected chi connectivity index (χ0v) is 13.2. The van der Waals surface area contributed by atoms with Crippen LogP contribution in [-0.4, -0.2) is 27.0 Å². The van der Waals surface area contributed by atoms with Crippen LogP contribution in [0.3, 0.4) is 0 Å². The second-order valence-corrected chi connectivity index (χ2v) is 7.47. The Bertz CT molecular complexity index is 509. The number of benzene rings is 1. The molecule has 4 heteroatoms. The third-order valence-corrected chi connectivity index (χ3v) is 4.42. The first-order chi connectivity index (χ1) is 8.85. The Morgan fingerprint density at radius 2 is 1.95 bits per heavy atom. The first kappa shape index (κ1) is 16.2. The van der Waals surface area contributed by atoms with Crippen LogP contribution in [0.4, 0.5) is 0 Å². The molecule has 19 heavy (non-hydrogen) atoms. The van der Waals surface area contributed by atoms with Crippen molar-refractivity contribution in [3.05, 3.63) is 34.9 Å². The lowest BCUT2D eigenvalue weighted by molar-refractivity contribution is 0.511. The van der Waals surface area contributed by atoms with Gasteiger partial charge in [-0.2, -0.15) is 0 Å². The number of hydrogen-bond acceptors (Lipinski definition) is 3. The van der Waals surface area contributed by atoms with Gasteiger partial charge >= 0.3 is 0 Å². The lowest BCUT2D eigenvalue weighted by Crippen LogP contribution is -2.25. The molecular weight excluding hydrogens is 258 g/mol. The lowest BCUT2D eigenvalue weighted by Gasteiger charge is -2.21. The first-order valence-corrected chi connectivity index (χ1v) is 8.88. The molecule has 0 amide bonds. The summed E-state index contributed by atoms with van der Waals surface area (Å²) in [6, 6.07) is 6.35. The third kappa shape index (κ3) is 5.33. The van der Waals surface area contributed by atoms with Gasteiger partial charge in [-0.05, 0) is 49.9 Å². The van der Waals surface area contributed by atoms with E-state index in [2.05, 4.69) is 38.2 Å². The zero-order valence-electron chi connectivity index (χ0n) is 12.4. The molecule has 0 saturated heterocycles. The summed E-state index contributed by atoms with van der Waals surface area (Å²) in [7, 11) is -2.92. The molecule has 0 aromatic heterocycles. The van der Waals surface area contributed by atoms with E-state index in [0.717, 1.165) is 13.0 Å².